The molecule has 0 fully saturated rings. The number of carbonyl (C=O) groups excluding carboxylic acids is 2. The first kappa shape index (κ1) is 21.3. The number of hydrogen-bond acceptors (Lipinski definition) is 5. The Bertz CT molecular complexity index is 1300. The van der Waals surface area contributed by atoms with Gasteiger partial charge in [0.25, 0.3) is 5.91 Å². The second-order valence-electron chi connectivity index (χ2n) is 7.12. The number of halogens is 1. The fourth-order valence-corrected chi connectivity index (χ4v) is 4.60. The molecule has 0 aliphatic rings. The van der Waals surface area contributed by atoms with E-state index in [9.17, 15) is 9.59 Å². The van der Waals surface area contributed by atoms with Gasteiger partial charge in [0.1, 0.15) is 16.1 Å². The number of esters is 1. The fraction of sp³-hybridized carbons (Fsp3) is 0.167. The maximum absolute atomic E-state index is 12.9. The van der Waals surface area contributed by atoms with Crippen LogP contribution in [-0.2, 0) is 4.74 Å². The van der Waals surface area contributed by atoms with Crippen LogP contribution in [0.2, 0.25) is 0 Å². The van der Waals surface area contributed by atoms with Crippen molar-refractivity contribution in [2.45, 2.75) is 20.8 Å². The summed E-state index contributed by atoms with van der Waals surface area (Å²) in [5.74, 6) is -0.726. The highest BCUT2D eigenvalue weighted by molar-refractivity contribution is 9.10. The largest absolute Gasteiger partial charge is 0.462 e. The van der Waals surface area contributed by atoms with E-state index in [1.54, 1.807) is 19.1 Å². The number of ether oxygens (including phenoxy) is 1. The highest BCUT2D eigenvalue weighted by Gasteiger charge is 2.24. The van der Waals surface area contributed by atoms with Crippen molar-refractivity contribution in [2.24, 2.45) is 0 Å². The van der Waals surface area contributed by atoms with Gasteiger partial charge >= 0.3 is 5.97 Å². The zero-order valence-corrected chi connectivity index (χ0v) is 19.6. The lowest BCUT2D eigenvalue weighted by Gasteiger charge is -2.09. The Labute approximate surface area is 192 Å². The maximum Gasteiger partial charge on any atom is 0.341 e. The molecule has 2 aromatic heterocycles. The third-order valence-corrected chi connectivity index (χ3v) is 6.41. The molecule has 0 saturated carbocycles. The number of rotatable bonds is 5. The fourth-order valence-electron chi connectivity index (χ4n) is 3.27. The number of thiophene rings is 1. The Kier molecular flexibility index (Phi) is 5.98. The van der Waals surface area contributed by atoms with Crippen molar-refractivity contribution in [1.29, 1.82) is 0 Å². The number of hydrogen-bond donors (Lipinski definition) is 1. The number of furan rings is 1. The van der Waals surface area contributed by atoms with Crippen molar-refractivity contribution >= 4 is 55.1 Å². The zero-order valence-electron chi connectivity index (χ0n) is 17.2. The molecule has 31 heavy (non-hydrogen) atoms. The van der Waals surface area contributed by atoms with E-state index in [1.807, 2.05) is 49.6 Å². The van der Waals surface area contributed by atoms with Gasteiger partial charge in [0.15, 0.2) is 5.76 Å². The highest BCUT2D eigenvalue weighted by atomic mass is 79.9. The number of fused-ring (bicyclic) bond motifs is 1. The van der Waals surface area contributed by atoms with Crippen LogP contribution in [0.4, 0.5) is 5.00 Å². The van der Waals surface area contributed by atoms with Gasteiger partial charge in [-0.1, -0.05) is 34.1 Å². The molecule has 2 heterocycles. The monoisotopic (exact) mass is 497 g/mol. The van der Waals surface area contributed by atoms with Gasteiger partial charge < -0.3 is 14.5 Å². The van der Waals surface area contributed by atoms with Gasteiger partial charge in [-0.05, 0) is 61.7 Å². The molecule has 0 radical (unpaired) electrons. The van der Waals surface area contributed by atoms with E-state index >= 15 is 0 Å². The molecular formula is C24H20BrNO4S. The lowest BCUT2D eigenvalue weighted by atomic mass is 9.99. The van der Waals surface area contributed by atoms with Gasteiger partial charge in [0, 0.05) is 20.8 Å². The molecule has 0 atom stereocenters. The Morgan fingerprint density at radius 3 is 2.65 bits per heavy atom. The van der Waals surface area contributed by atoms with E-state index in [4.69, 9.17) is 9.15 Å². The Morgan fingerprint density at radius 1 is 1.10 bits per heavy atom. The summed E-state index contributed by atoms with van der Waals surface area (Å²) >= 11 is 4.70. The quantitative estimate of drug-likeness (QED) is 0.302. The molecule has 2 aromatic carbocycles. The van der Waals surface area contributed by atoms with E-state index in [0.29, 0.717) is 16.1 Å². The lowest BCUT2D eigenvalue weighted by Crippen LogP contribution is -2.14. The summed E-state index contributed by atoms with van der Waals surface area (Å²) in [6.45, 7) is 6.06. The zero-order chi connectivity index (χ0) is 22.1. The van der Waals surface area contributed by atoms with Crippen LogP contribution in [0.3, 0.4) is 0 Å². The molecule has 0 unspecified atom stereocenters. The van der Waals surface area contributed by atoms with Gasteiger partial charge in [-0.25, -0.2) is 4.79 Å². The first-order valence-corrected chi connectivity index (χ1v) is 11.4. The van der Waals surface area contributed by atoms with Crippen LogP contribution in [-0.4, -0.2) is 18.5 Å². The second-order valence-corrected chi connectivity index (χ2v) is 8.92. The molecule has 4 aromatic rings. The van der Waals surface area contributed by atoms with Gasteiger partial charge in [-0.3, -0.25) is 4.79 Å². The van der Waals surface area contributed by atoms with E-state index in [0.717, 1.165) is 26.5 Å². The standard InChI is InChI=1S/C24H20BrNO4S/c1-4-29-24(28)21-18(15-6-5-13(2)14(3)9-15)12-31-23(21)26-22(27)20-11-16-10-17(25)7-8-19(16)30-20/h5-12H,4H2,1-3H3,(H,26,27). The normalized spacial score (nSPS) is 11.0. The number of aryl methyl sites for hydroxylation is 2. The summed E-state index contributed by atoms with van der Waals surface area (Å²) in [6.07, 6.45) is 0. The van der Waals surface area contributed by atoms with Crippen molar-refractivity contribution in [1.82, 2.24) is 0 Å². The molecule has 0 spiro atoms. The van der Waals surface area contributed by atoms with Gasteiger partial charge in [0.05, 0.1) is 6.61 Å². The Hall–Kier alpha value is -2.90. The van der Waals surface area contributed by atoms with Crippen molar-refractivity contribution in [3.05, 3.63) is 74.8 Å². The minimum absolute atomic E-state index is 0.170. The third kappa shape index (κ3) is 4.29. The molecule has 0 aliphatic carbocycles. The van der Waals surface area contributed by atoms with Crippen molar-refractivity contribution in [2.75, 3.05) is 11.9 Å². The van der Waals surface area contributed by atoms with Crippen LogP contribution in [0.25, 0.3) is 22.1 Å². The highest BCUT2D eigenvalue weighted by Crippen LogP contribution is 2.37. The van der Waals surface area contributed by atoms with Crippen molar-refractivity contribution in [3.8, 4) is 11.1 Å². The lowest BCUT2D eigenvalue weighted by molar-refractivity contribution is 0.0529. The minimum Gasteiger partial charge on any atom is -0.462 e. The second kappa shape index (κ2) is 8.69. The molecule has 0 aliphatic heterocycles. The van der Waals surface area contributed by atoms with Crippen LogP contribution < -0.4 is 5.32 Å². The number of carbonyl (C=O) groups is 2. The molecular weight excluding hydrogens is 478 g/mol. The topological polar surface area (TPSA) is 68.5 Å². The predicted molar refractivity (Wildman–Crippen MR) is 127 cm³/mol. The smallest absolute Gasteiger partial charge is 0.341 e. The summed E-state index contributed by atoms with van der Waals surface area (Å²) in [5.41, 5.74) is 4.88. The van der Waals surface area contributed by atoms with Crippen LogP contribution in [0.15, 0.2) is 56.7 Å². The van der Waals surface area contributed by atoms with E-state index in [1.165, 1.54) is 16.9 Å². The number of amides is 1. The average Bonchev–Trinajstić information content (AvgIpc) is 3.34. The first-order valence-electron chi connectivity index (χ1n) is 9.74. The van der Waals surface area contributed by atoms with Crippen LogP contribution in [0.5, 0.6) is 0 Å². The molecule has 158 valence electrons. The number of anilines is 1. The van der Waals surface area contributed by atoms with E-state index in [-0.39, 0.29) is 12.4 Å². The molecule has 0 saturated heterocycles. The van der Waals surface area contributed by atoms with Crippen molar-refractivity contribution < 1.29 is 18.7 Å². The SMILES string of the molecule is CCOC(=O)c1c(-c2ccc(C)c(C)c2)csc1NC(=O)c1cc2cc(Br)ccc2o1. The molecule has 1 amide bonds. The molecule has 4 rings (SSSR count). The Balaban J connectivity index is 1.71. The molecule has 0 bridgehead atoms. The third-order valence-electron chi connectivity index (χ3n) is 5.02. The minimum atomic E-state index is -0.471. The van der Waals surface area contributed by atoms with Crippen molar-refractivity contribution in [3.63, 3.8) is 0 Å². The summed E-state index contributed by atoms with van der Waals surface area (Å²) < 4.78 is 11.9. The molecule has 5 nitrogen and oxygen atoms in total. The van der Waals surface area contributed by atoms with Gasteiger partial charge in [-0.15, -0.1) is 11.3 Å². The number of benzene rings is 2. The van der Waals surface area contributed by atoms with Crippen LogP contribution >= 0.6 is 27.3 Å². The Morgan fingerprint density at radius 2 is 1.90 bits per heavy atom. The maximum atomic E-state index is 12.9. The summed E-state index contributed by atoms with van der Waals surface area (Å²) in [5, 5.41) is 5.94. The summed E-state index contributed by atoms with van der Waals surface area (Å²) in [4.78, 5) is 25.7. The van der Waals surface area contributed by atoms with Gasteiger partial charge in [-0.2, -0.15) is 0 Å². The van der Waals surface area contributed by atoms with Crippen LogP contribution in [0.1, 0.15) is 39.0 Å². The van der Waals surface area contributed by atoms with Crippen LogP contribution in [0, 0.1) is 13.8 Å². The van der Waals surface area contributed by atoms with E-state index < -0.39 is 11.9 Å². The summed E-state index contributed by atoms with van der Waals surface area (Å²) in [7, 11) is 0. The average molecular weight is 498 g/mol. The number of nitrogens with one attached hydrogen (secondary N) is 1. The molecule has 7 heteroatoms. The molecule has 1 N–H and O–H groups in total. The first-order chi connectivity index (χ1) is 14.9. The predicted octanol–water partition coefficient (Wildman–Crippen LogP) is 6.97. The van der Waals surface area contributed by atoms with Gasteiger partial charge in [0.2, 0.25) is 0 Å². The van der Waals surface area contributed by atoms with E-state index in [2.05, 4.69) is 21.2 Å². The summed E-state index contributed by atoms with van der Waals surface area (Å²) in [6, 6.07) is 13.2.